The van der Waals surface area contributed by atoms with Crippen LogP contribution in [0.4, 0.5) is 0 Å². The molecule has 2 aromatic rings. The Morgan fingerprint density at radius 1 is 0.786 bits per heavy atom. The van der Waals surface area contributed by atoms with Crippen molar-refractivity contribution in [3.8, 4) is 5.75 Å². The second-order valence-corrected chi connectivity index (χ2v) is 10.8. The van der Waals surface area contributed by atoms with Gasteiger partial charge in [0, 0.05) is 36.2 Å². The zero-order chi connectivity index (χ0) is 20.5. The normalized spacial score (nSPS) is 16.8. The molecule has 0 aliphatic carbocycles. The van der Waals surface area contributed by atoms with Crippen molar-refractivity contribution in [3.63, 3.8) is 0 Å². The molecular formula is C17H18Cl2N2O5S2. The van der Waals surface area contributed by atoms with Crippen LogP contribution in [-0.2, 0) is 20.0 Å². The van der Waals surface area contributed by atoms with Gasteiger partial charge in [-0.25, -0.2) is 16.8 Å². The van der Waals surface area contributed by atoms with Gasteiger partial charge in [-0.2, -0.15) is 8.61 Å². The maximum absolute atomic E-state index is 13.0. The Labute approximate surface area is 174 Å². The van der Waals surface area contributed by atoms with E-state index in [1.54, 1.807) is 0 Å². The van der Waals surface area contributed by atoms with Gasteiger partial charge in [-0.1, -0.05) is 23.2 Å². The second kappa shape index (κ2) is 8.17. The van der Waals surface area contributed by atoms with E-state index >= 15 is 0 Å². The van der Waals surface area contributed by atoms with Gasteiger partial charge in [0.2, 0.25) is 20.0 Å². The van der Waals surface area contributed by atoms with Gasteiger partial charge in [-0.05, 0) is 42.5 Å². The van der Waals surface area contributed by atoms with E-state index in [0.717, 1.165) is 0 Å². The fourth-order valence-electron chi connectivity index (χ4n) is 2.90. The summed E-state index contributed by atoms with van der Waals surface area (Å²) in [4.78, 5) is 0.0706. The number of piperazine rings is 1. The molecule has 1 fully saturated rings. The quantitative estimate of drug-likeness (QED) is 0.678. The molecule has 0 N–H and O–H groups in total. The molecule has 0 aromatic heterocycles. The number of ether oxygens (including phenoxy) is 1. The number of benzene rings is 2. The van der Waals surface area contributed by atoms with Crippen molar-refractivity contribution in [2.45, 2.75) is 9.79 Å². The van der Waals surface area contributed by atoms with Crippen molar-refractivity contribution in [2.24, 2.45) is 0 Å². The molecule has 1 aliphatic heterocycles. The molecule has 1 aliphatic rings. The van der Waals surface area contributed by atoms with Crippen molar-refractivity contribution in [1.82, 2.24) is 8.61 Å². The number of methoxy groups -OCH3 is 1. The van der Waals surface area contributed by atoms with E-state index in [-0.39, 0.29) is 46.7 Å². The van der Waals surface area contributed by atoms with Gasteiger partial charge < -0.3 is 4.74 Å². The largest absolute Gasteiger partial charge is 0.495 e. The molecule has 1 heterocycles. The van der Waals surface area contributed by atoms with Gasteiger partial charge in [0.25, 0.3) is 0 Å². The van der Waals surface area contributed by atoms with Crippen molar-refractivity contribution < 1.29 is 21.6 Å². The third kappa shape index (κ3) is 4.14. The van der Waals surface area contributed by atoms with Crippen LogP contribution in [0.2, 0.25) is 10.0 Å². The third-order valence-corrected chi connectivity index (χ3v) is 8.71. The Bertz CT molecular complexity index is 1070. The van der Waals surface area contributed by atoms with Crippen LogP contribution >= 0.6 is 23.2 Å². The zero-order valence-corrected chi connectivity index (χ0v) is 18.0. The van der Waals surface area contributed by atoms with Crippen LogP contribution in [0.1, 0.15) is 0 Å². The van der Waals surface area contributed by atoms with Crippen LogP contribution in [0.25, 0.3) is 0 Å². The molecule has 1 saturated heterocycles. The highest BCUT2D eigenvalue weighted by Crippen LogP contribution is 2.30. The molecule has 11 heteroatoms. The Morgan fingerprint density at radius 3 is 1.82 bits per heavy atom. The highest BCUT2D eigenvalue weighted by molar-refractivity contribution is 7.89. The average Bonchev–Trinajstić information content (AvgIpc) is 2.68. The summed E-state index contributed by atoms with van der Waals surface area (Å²) in [5.74, 6) is 0.181. The molecule has 0 radical (unpaired) electrons. The van der Waals surface area contributed by atoms with E-state index in [4.69, 9.17) is 27.9 Å². The Hall–Kier alpha value is -1.36. The molecule has 7 nitrogen and oxygen atoms in total. The first kappa shape index (κ1) is 21.4. The first-order valence-electron chi connectivity index (χ1n) is 8.25. The van der Waals surface area contributed by atoms with Crippen LogP contribution in [-0.4, -0.2) is 58.7 Å². The van der Waals surface area contributed by atoms with Crippen LogP contribution in [0.5, 0.6) is 5.75 Å². The number of halogens is 2. The molecule has 0 saturated carbocycles. The van der Waals surface area contributed by atoms with Crippen LogP contribution < -0.4 is 4.74 Å². The summed E-state index contributed by atoms with van der Waals surface area (Å²) in [5.41, 5.74) is 0. The summed E-state index contributed by atoms with van der Waals surface area (Å²) < 4.78 is 59.1. The molecule has 3 rings (SSSR count). The monoisotopic (exact) mass is 464 g/mol. The van der Waals surface area contributed by atoms with Gasteiger partial charge in [0.05, 0.1) is 12.0 Å². The van der Waals surface area contributed by atoms with Crippen LogP contribution in [0.3, 0.4) is 0 Å². The van der Waals surface area contributed by atoms with Crippen LogP contribution in [0, 0.1) is 0 Å². The number of hydrogen-bond acceptors (Lipinski definition) is 5. The average molecular weight is 465 g/mol. The molecule has 0 amide bonds. The Morgan fingerprint density at radius 2 is 1.29 bits per heavy atom. The van der Waals surface area contributed by atoms with Gasteiger partial charge >= 0.3 is 0 Å². The molecule has 0 bridgehead atoms. The predicted molar refractivity (Wildman–Crippen MR) is 107 cm³/mol. The summed E-state index contributed by atoms with van der Waals surface area (Å²) in [6.45, 7) is 0.107. The summed E-state index contributed by atoms with van der Waals surface area (Å²) in [6, 6.07) is 10.2. The lowest BCUT2D eigenvalue weighted by molar-refractivity contribution is 0.272. The van der Waals surface area contributed by atoms with Gasteiger partial charge in [-0.15, -0.1) is 0 Å². The molecular weight excluding hydrogens is 447 g/mol. The minimum Gasteiger partial charge on any atom is -0.495 e. The number of rotatable bonds is 5. The smallest absolute Gasteiger partial charge is 0.246 e. The van der Waals surface area contributed by atoms with Crippen molar-refractivity contribution >= 4 is 43.2 Å². The van der Waals surface area contributed by atoms with E-state index in [1.165, 1.54) is 58.2 Å². The van der Waals surface area contributed by atoms with Gasteiger partial charge in [0.15, 0.2) is 0 Å². The fourth-order valence-corrected chi connectivity index (χ4v) is 6.29. The summed E-state index contributed by atoms with van der Waals surface area (Å²) in [7, 11) is -6.23. The van der Waals surface area contributed by atoms with Crippen molar-refractivity contribution in [2.75, 3.05) is 33.3 Å². The molecule has 28 heavy (non-hydrogen) atoms. The van der Waals surface area contributed by atoms with E-state index in [2.05, 4.69) is 0 Å². The molecule has 0 spiro atoms. The predicted octanol–water partition coefficient (Wildman–Crippen LogP) is 2.70. The topological polar surface area (TPSA) is 84.0 Å². The van der Waals surface area contributed by atoms with Gasteiger partial charge in [-0.3, -0.25) is 0 Å². The van der Waals surface area contributed by atoms with E-state index in [0.29, 0.717) is 5.02 Å². The summed E-state index contributed by atoms with van der Waals surface area (Å²) in [6.07, 6.45) is 0. The Kier molecular flexibility index (Phi) is 6.23. The minimum absolute atomic E-state index is 0.0187. The first-order chi connectivity index (χ1) is 13.2. The maximum atomic E-state index is 13.0. The number of sulfonamides is 2. The second-order valence-electron chi connectivity index (χ2n) is 6.06. The summed E-state index contributed by atoms with van der Waals surface area (Å²) >= 11 is 11.8. The van der Waals surface area contributed by atoms with Crippen molar-refractivity contribution in [3.05, 3.63) is 52.5 Å². The molecule has 0 atom stereocenters. The van der Waals surface area contributed by atoms with Gasteiger partial charge in [0.1, 0.15) is 10.6 Å². The van der Waals surface area contributed by atoms with E-state index in [9.17, 15) is 16.8 Å². The summed E-state index contributed by atoms with van der Waals surface area (Å²) in [5, 5.41) is 0.702. The molecule has 0 unspecified atom stereocenters. The Balaban J connectivity index is 1.80. The minimum atomic E-state index is -3.88. The maximum Gasteiger partial charge on any atom is 0.246 e. The third-order valence-electron chi connectivity index (χ3n) is 4.39. The van der Waals surface area contributed by atoms with E-state index < -0.39 is 20.0 Å². The SMILES string of the molecule is COc1ccc(Cl)cc1S(=O)(=O)N1CCN(S(=O)(=O)c2ccc(Cl)cc2)CC1. The van der Waals surface area contributed by atoms with Crippen LogP contribution in [0.15, 0.2) is 52.3 Å². The highest BCUT2D eigenvalue weighted by atomic mass is 35.5. The first-order valence-corrected chi connectivity index (χ1v) is 11.9. The lowest BCUT2D eigenvalue weighted by atomic mass is 10.3. The zero-order valence-electron chi connectivity index (χ0n) is 14.9. The standard InChI is InChI=1S/C17H18Cl2N2O5S2/c1-26-16-7-4-14(19)12-17(16)28(24,25)21-10-8-20(9-11-21)27(22,23)15-5-2-13(18)3-6-15/h2-7,12H,8-11H2,1H3. The number of nitrogens with zero attached hydrogens (tertiary/aromatic N) is 2. The fraction of sp³-hybridized carbons (Fsp3) is 0.294. The molecule has 152 valence electrons. The lowest BCUT2D eigenvalue weighted by Crippen LogP contribution is -2.50. The molecule has 2 aromatic carbocycles. The lowest BCUT2D eigenvalue weighted by Gasteiger charge is -2.33. The van der Waals surface area contributed by atoms with E-state index in [1.807, 2.05) is 0 Å². The highest BCUT2D eigenvalue weighted by Gasteiger charge is 2.35. The van der Waals surface area contributed by atoms with Crippen molar-refractivity contribution in [1.29, 1.82) is 0 Å². The number of hydrogen-bond donors (Lipinski definition) is 0.